The normalized spacial score (nSPS) is 11.7. The number of anilines is 1. The van der Waals surface area contributed by atoms with E-state index in [2.05, 4.69) is 9.82 Å². The predicted molar refractivity (Wildman–Crippen MR) is 113 cm³/mol. The Hall–Kier alpha value is -3.04. The van der Waals surface area contributed by atoms with Crippen LogP contribution in [0.15, 0.2) is 59.5 Å². The number of fused-ring (bicyclic) bond motifs is 1. The average Bonchev–Trinajstić information content (AvgIpc) is 2.67. The molecule has 0 aliphatic rings. The maximum Gasteiger partial charge on any atom is 0.274 e. The van der Waals surface area contributed by atoms with Gasteiger partial charge in [0.25, 0.3) is 5.56 Å². The van der Waals surface area contributed by atoms with E-state index in [9.17, 15) is 18.0 Å². The second kappa shape index (κ2) is 8.54. The Morgan fingerprint density at radius 3 is 2.52 bits per heavy atom. The summed E-state index contributed by atoms with van der Waals surface area (Å²) >= 11 is 0. The van der Waals surface area contributed by atoms with Gasteiger partial charge in [-0.25, -0.2) is 13.1 Å². The highest BCUT2D eigenvalue weighted by Crippen LogP contribution is 2.12. The molecule has 1 aromatic heterocycles. The third-order valence-electron chi connectivity index (χ3n) is 4.38. The number of nitrogens with zero attached hydrogens (tertiary/aromatic N) is 3. The van der Waals surface area contributed by atoms with Gasteiger partial charge in [-0.05, 0) is 37.4 Å². The van der Waals surface area contributed by atoms with E-state index < -0.39 is 10.0 Å². The van der Waals surface area contributed by atoms with Crippen molar-refractivity contribution in [2.45, 2.75) is 6.54 Å². The van der Waals surface area contributed by atoms with Gasteiger partial charge in [0, 0.05) is 23.2 Å². The van der Waals surface area contributed by atoms with Crippen molar-refractivity contribution in [3.63, 3.8) is 0 Å². The second-order valence-electron chi connectivity index (χ2n) is 6.87. The van der Waals surface area contributed by atoms with Gasteiger partial charge in [0.1, 0.15) is 0 Å². The molecular weight excluding hydrogens is 392 g/mol. The number of Topliss-reactive ketones (excluding diaryl/α,β-unsaturated/α-hetero) is 1. The summed E-state index contributed by atoms with van der Waals surface area (Å²) in [4.78, 5) is 26.7. The van der Waals surface area contributed by atoms with E-state index in [4.69, 9.17) is 0 Å². The highest BCUT2D eigenvalue weighted by molar-refractivity contribution is 7.92. The average molecular weight is 414 g/mol. The van der Waals surface area contributed by atoms with Crippen molar-refractivity contribution in [2.24, 2.45) is 0 Å². The Kier molecular flexibility index (Phi) is 6.09. The van der Waals surface area contributed by atoms with Crippen LogP contribution in [0.2, 0.25) is 0 Å². The minimum absolute atomic E-state index is 0.0998. The molecule has 152 valence electrons. The zero-order valence-electron chi connectivity index (χ0n) is 16.2. The quantitative estimate of drug-likeness (QED) is 0.562. The molecule has 0 saturated heterocycles. The minimum atomic E-state index is -3.36. The topological polar surface area (TPSA) is 101 Å². The highest BCUT2D eigenvalue weighted by Gasteiger charge is 2.11. The number of carbonyl (C=O) groups is 1. The molecule has 1 N–H and O–H groups in total. The Labute approximate surface area is 168 Å². The lowest BCUT2D eigenvalue weighted by Gasteiger charge is -2.16. The molecule has 0 aliphatic heterocycles. The molecule has 0 saturated carbocycles. The van der Waals surface area contributed by atoms with E-state index >= 15 is 0 Å². The summed E-state index contributed by atoms with van der Waals surface area (Å²) in [6.45, 7) is 1.01. The first kappa shape index (κ1) is 20.7. The van der Waals surface area contributed by atoms with Gasteiger partial charge in [0.2, 0.25) is 10.0 Å². The molecule has 0 unspecified atom stereocenters. The van der Waals surface area contributed by atoms with Crippen molar-refractivity contribution < 1.29 is 13.2 Å². The van der Waals surface area contributed by atoms with Crippen LogP contribution in [0.25, 0.3) is 10.8 Å². The van der Waals surface area contributed by atoms with Gasteiger partial charge in [0.15, 0.2) is 5.78 Å². The molecule has 0 fully saturated rings. The number of likely N-dealkylation sites (N-methyl/N-ethyl adjacent to an activating group) is 1. The molecule has 0 spiro atoms. The largest absolute Gasteiger partial charge is 0.297 e. The monoisotopic (exact) mass is 414 g/mol. The van der Waals surface area contributed by atoms with Gasteiger partial charge in [0.05, 0.1) is 30.9 Å². The standard InChI is InChI=1S/C20H22N4O4S/c1-23(11-12-24-20(26)18-6-4-3-5-16(18)13-21-24)14-19(25)15-7-9-17(10-8-15)22-29(2,27)28/h3-10,13,22H,11-12,14H2,1-2H3. The van der Waals surface area contributed by atoms with Crippen LogP contribution in [0.3, 0.4) is 0 Å². The summed E-state index contributed by atoms with van der Waals surface area (Å²) in [5.74, 6) is -0.0998. The lowest BCUT2D eigenvalue weighted by atomic mass is 10.1. The Bertz CT molecular complexity index is 1190. The van der Waals surface area contributed by atoms with Gasteiger partial charge >= 0.3 is 0 Å². The first-order chi connectivity index (χ1) is 13.7. The summed E-state index contributed by atoms with van der Waals surface area (Å²) in [5, 5.41) is 5.60. The van der Waals surface area contributed by atoms with E-state index in [0.29, 0.717) is 29.7 Å². The maximum atomic E-state index is 12.5. The van der Waals surface area contributed by atoms with Crippen LogP contribution in [0.5, 0.6) is 0 Å². The number of hydrogen-bond donors (Lipinski definition) is 1. The fourth-order valence-corrected chi connectivity index (χ4v) is 3.47. The number of sulfonamides is 1. The molecule has 0 radical (unpaired) electrons. The van der Waals surface area contributed by atoms with Gasteiger partial charge < -0.3 is 0 Å². The molecule has 29 heavy (non-hydrogen) atoms. The molecule has 0 amide bonds. The SMILES string of the molecule is CN(CCn1ncc2ccccc2c1=O)CC(=O)c1ccc(NS(C)(=O)=O)cc1. The van der Waals surface area contributed by atoms with Crippen molar-refractivity contribution in [3.8, 4) is 0 Å². The van der Waals surface area contributed by atoms with E-state index in [0.717, 1.165) is 11.6 Å². The smallest absolute Gasteiger partial charge is 0.274 e. The van der Waals surface area contributed by atoms with E-state index in [1.54, 1.807) is 43.6 Å². The van der Waals surface area contributed by atoms with Crippen LogP contribution in [-0.2, 0) is 16.6 Å². The summed E-state index contributed by atoms with van der Waals surface area (Å²) < 4.78 is 26.2. The fraction of sp³-hybridized carbons (Fsp3) is 0.250. The van der Waals surface area contributed by atoms with Crippen LogP contribution in [0.4, 0.5) is 5.69 Å². The number of carbonyl (C=O) groups excluding carboxylic acids is 1. The zero-order chi connectivity index (χ0) is 21.0. The first-order valence-corrected chi connectivity index (χ1v) is 10.9. The second-order valence-corrected chi connectivity index (χ2v) is 8.62. The van der Waals surface area contributed by atoms with Crippen LogP contribution in [-0.4, -0.2) is 55.3 Å². The molecule has 8 nitrogen and oxygen atoms in total. The van der Waals surface area contributed by atoms with Gasteiger partial charge in [-0.2, -0.15) is 5.10 Å². The van der Waals surface area contributed by atoms with Crippen LogP contribution < -0.4 is 10.3 Å². The van der Waals surface area contributed by atoms with Crippen molar-refractivity contribution in [1.82, 2.24) is 14.7 Å². The lowest BCUT2D eigenvalue weighted by Crippen LogP contribution is -2.33. The Morgan fingerprint density at radius 1 is 1.14 bits per heavy atom. The Balaban J connectivity index is 1.59. The third-order valence-corrected chi connectivity index (χ3v) is 4.99. The molecular formula is C20H22N4O4S. The molecule has 0 bridgehead atoms. The summed E-state index contributed by atoms with van der Waals surface area (Å²) in [7, 11) is -1.56. The van der Waals surface area contributed by atoms with E-state index in [1.165, 1.54) is 4.68 Å². The summed E-state index contributed by atoms with van der Waals surface area (Å²) in [5.41, 5.74) is 0.729. The number of ketones is 1. The molecule has 3 aromatic rings. The minimum Gasteiger partial charge on any atom is -0.297 e. The maximum absolute atomic E-state index is 12.5. The molecule has 9 heteroatoms. The summed E-state index contributed by atoms with van der Waals surface area (Å²) in [6.07, 6.45) is 2.73. The van der Waals surface area contributed by atoms with E-state index in [1.807, 2.05) is 23.1 Å². The molecule has 2 aromatic carbocycles. The number of rotatable bonds is 8. The van der Waals surface area contributed by atoms with Crippen LogP contribution in [0.1, 0.15) is 10.4 Å². The van der Waals surface area contributed by atoms with Crippen LogP contribution >= 0.6 is 0 Å². The van der Waals surface area contributed by atoms with Crippen molar-refractivity contribution in [1.29, 1.82) is 0 Å². The van der Waals surface area contributed by atoms with Crippen molar-refractivity contribution in [2.75, 3.05) is 31.1 Å². The van der Waals surface area contributed by atoms with Crippen molar-refractivity contribution >= 4 is 32.3 Å². The fourth-order valence-electron chi connectivity index (χ4n) is 2.91. The van der Waals surface area contributed by atoms with Crippen molar-refractivity contribution in [3.05, 3.63) is 70.6 Å². The van der Waals surface area contributed by atoms with E-state index in [-0.39, 0.29) is 17.9 Å². The van der Waals surface area contributed by atoms with Gasteiger partial charge in [-0.1, -0.05) is 18.2 Å². The molecule has 1 heterocycles. The van der Waals surface area contributed by atoms with Gasteiger partial charge in [-0.15, -0.1) is 0 Å². The number of hydrogen-bond acceptors (Lipinski definition) is 6. The number of benzene rings is 2. The van der Waals surface area contributed by atoms with Gasteiger partial charge in [-0.3, -0.25) is 19.2 Å². The summed E-state index contributed by atoms with van der Waals surface area (Å²) in [6, 6.07) is 13.5. The number of nitrogens with one attached hydrogen (secondary N) is 1. The third kappa shape index (κ3) is 5.49. The van der Waals surface area contributed by atoms with Crippen LogP contribution in [0, 0.1) is 0 Å². The zero-order valence-corrected chi connectivity index (χ0v) is 17.0. The number of aromatic nitrogens is 2. The molecule has 0 atom stereocenters. The highest BCUT2D eigenvalue weighted by atomic mass is 32.2. The molecule has 0 aliphatic carbocycles. The first-order valence-electron chi connectivity index (χ1n) is 8.97. The lowest BCUT2D eigenvalue weighted by molar-refractivity contribution is 0.0943. The predicted octanol–water partition coefficient (Wildman–Crippen LogP) is 1.58. The molecule has 3 rings (SSSR count). The Morgan fingerprint density at radius 2 is 1.83 bits per heavy atom.